The molecular formula is C40H66N2O11. The van der Waals surface area contributed by atoms with Crippen molar-refractivity contribution in [3.63, 3.8) is 0 Å². The normalized spacial score (nSPS) is 40.0. The second-order valence-corrected chi connectivity index (χ2v) is 16.0. The molecular weight excluding hydrogens is 684 g/mol. The van der Waals surface area contributed by atoms with Crippen LogP contribution >= 0.6 is 0 Å². The summed E-state index contributed by atoms with van der Waals surface area (Å²) in [5.41, 5.74) is -2.12. The van der Waals surface area contributed by atoms with Gasteiger partial charge in [-0.3, -0.25) is 9.59 Å². The van der Waals surface area contributed by atoms with Gasteiger partial charge in [-0.05, 0) is 79.5 Å². The zero-order valence-corrected chi connectivity index (χ0v) is 33.6. The molecule has 53 heavy (non-hydrogen) atoms. The summed E-state index contributed by atoms with van der Waals surface area (Å²) >= 11 is 0. The van der Waals surface area contributed by atoms with Gasteiger partial charge in [-0.25, -0.2) is 0 Å². The van der Waals surface area contributed by atoms with Crippen molar-refractivity contribution in [1.82, 2.24) is 4.90 Å². The fraction of sp³-hybridized carbons (Fsp3) is 0.775. The highest BCUT2D eigenvalue weighted by Crippen LogP contribution is 2.39. The molecule has 2 aliphatic rings. The monoisotopic (exact) mass is 750 g/mol. The lowest BCUT2D eigenvalue weighted by molar-refractivity contribution is -0.299. The van der Waals surface area contributed by atoms with Gasteiger partial charge in [0.05, 0.1) is 35.5 Å². The molecule has 3 rings (SSSR count). The molecule has 2 saturated heterocycles. The topological polar surface area (TPSA) is 177 Å². The molecule has 2 aliphatic heterocycles. The minimum atomic E-state index is -1.92. The Bertz CT molecular complexity index is 1340. The zero-order valence-electron chi connectivity index (χ0n) is 33.6. The van der Waals surface area contributed by atoms with Crippen LogP contribution in [0.2, 0.25) is 0 Å². The summed E-state index contributed by atoms with van der Waals surface area (Å²) in [6.07, 6.45) is -5.31. The number of ether oxygens (including phenoxy) is 4. The van der Waals surface area contributed by atoms with Gasteiger partial charge in [-0.15, -0.1) is 0 Å². The second-order valence-electron chi connectivity index (χ2n) is 16.0. The second kappa shape index (κ2) is 19.3. The third-order valence-electron chi connectivity index (χ3n) is 11.1. The van der Waals surface area contributed by atoms with Crippen molar-refractivity contribution < 1.29 is 53.8 Å². The fourth-order valence-electron chi connectivity index (χ4n) is 8.09. The number of carbonyl (C=O) groups excluding carboxylic acids is 2. The summed E-state index contributed by atoms with van der Waals surface area (Å²) in [4.78, 5) is 34.1. The molecule has 0 bridgehead atoms. The number of hydrogen-bond acceptors (Lipinski definition) is 13. The van der Waals surface area contributed by atoms with Crippen LogP contribution in [0.4, 0.5) is 0 Å². The predicted molar refractivity (Wildman–Crippen MR) is 200 cm³/mol. The lowest BCUT2D eigenvalue weighted by atomic mass is 9.73. The van der Waals surface area contributed by atoms with E-state index in [9.17, 15) is 30.0 Å². The quantitative estimate of drug-likeness (QED) is 0.155. The lowest BCUT2D eigenvalue weighted by Gasteiger charge is -2.47. The van der Waals surface area contributed by atoms with E-state index in [1.807, 2.05) is 63.2 Å². The molecule has 0 unspecified atom stereocenters. The van der Waals surface area contributed by atoms with Gasteiger partial charge >= 0.3 is 11.9 Å². The number of cyclic esters (lactones) is 1. The number of aliphatic hydroxyl groups is 4. The van der Waals surface area contributed by atoms with Crippen LogP contribution in [-0.2, 0) is 39.8 Å². The molecule has 14 atom stereocenters. The van der Waals surface area contributed by atoms with Gasteiger partial charge in [-0.2, -0.15) is 0 Å². The summed E-state index contributed by atoms with van der Waals surface area (Å²) in [6.45, 7) is 14.9. The Kier molecular flexibility index (Phi) is 16.3. The maximum Gasteiger partial charge on any atom is 0.312 e. The van der Waals surface area contributed by atoms with E-state index in [0.717, 1.165) is 12.0 Å². The number of carbonyl (C=O) groups is 2. The van der Waals surface area contributed by atoms with Crippen molar-refractivity contribution >= 4 is 17.7 Å². The van der Waals surface area contributed by atoms with Gasteiger partial charge in [-0.1, -0.05) is 63.2 Å². The number of hydrogen-bond donors (Lipinski definition) is 4. The number of esters is 2. The summed E-state index contributed by atoms with van der Waals surface area (Å²) in [7, 11) is 3.71. The van der Waals surface area contributed by atoms with Gasteiger partial charge in [0.1, 0.15) is 30.5 Å². The van der Waals surface area contributed by atoms with Gasteiger partial charge in [0.2, 0.25) is 0 Å². The SMILES string of the molecule is CC[C@H]1OC(=O)[C@H](C)[C@@H](OC(C)=O)[C@H](C)[C@@H](O[C@@H]2O[C@H](C)C[C@H](N(C)C)[C@H]2O)[C@@](C)(O)C[C@H](C)/C(=N\OCCCc2ccccc2)[C@H](C)[C@@H](O)[C@]1(C)O. The van der Waals surface area contributed by atoms with Crippen molar-refractivity contribution in [3.8, 4) is 0 Å². The maximum atomic E-state index is 13.8. The minimum Gasteiger partial charge on any atom is -0.461 e. The van der Waals surface area contributed by atoms with Crippen molar-refractivity contribution in [2.45, 2.75) is 155 Å². The van der Waals surface area contributed by atoms with Crippen molar-refractivity contribution in [1.29, 1.82) is 0 Å². The first-order valence-corrected chi connectivity index (χ1v) is 19.1. The van der Waals surface area contributed by atoms with E-state index in [0.29, 0.717) is 18.6 Å². The van der Waals surface area contributed by atoms with Crippen LogP contribution in [-0.4, -0.2) is 124 Å². The Hall–Kier alpha value is -2.65. The zero-order chi connectivity index (χ0) is 39.8. The number of aliphatic hydroxyl groups excluding tert-OH is 2. The molecule has 302 valence electrons. The molecule has 0 saturated carbocycles. The summed E-state index contributed by atoms with van der Waals surface area (Å²) in [6, 6.07) is 9.68. The number of likely N-dealkylation sites (N-methyl/N-ethyl adjacent to an activating group) is 1. The first-order valence-electron chi connectivity index (χ1n) is 19.1. The lowest BCUT2D eigenvalue weighted by Crippen LogP contribution is -2.60. The first kappa shape index (κ1) is 44.7. The van der Waals surface area contributed by atoms with Gasteiger partial charge in [0, 0.05) is 30.7 Å². The summed E-state index contributed by atoms with van der Waals surface area (Å²) < 4.78 is 24.4. The molecule has 2 fully saturated rings. The van der Waals surface area contributed by atoms with Crippen LogP contribution in [0.1, 0.15) is 93.6 Å². The summed E-state index contributed by atoms with van der Waals surface area (Å²) in [5, 5.41) is 52.0. The molecule has 0 spiro atoms. The Morgan fingerprint density at radius 3 is 2.26 bits per heavy atom. The van der Waals surface area contributed by atoms with E-state index in [2.05, 4.69) is 5.16 Å². The summed E-state index contributed by atoms with van der Waals surface area (Å²) in [5.74, 6) is -4.73. The molecule has 1 aromatic carbocycles. The standard InChI is InChI=1S/C40H66N2O11/c1-12-31-40(9,48)35(45)25(4)32(41-49-20-16-19-29-17-14-13-15-18-29)23(2)22-39(8,47)36(26(5)34(51-28(7)43)27(6)37(46)52-31)53-38-33(44)30(42(10)11)21-24(3)50-38/h13-15,17-18,23-27,30-31,33-36,38,44-45,47-48H,12,16,19-22H2,1-11H3/b41-32+/t23-,24+,25-,26-,27+,30-,31+,33+,34-,35+,36+,38-,39-,40+/m0/s1. The minimum absolute atomic E-state index is 0.00568. The van der Waals surface area contributed by atoms with Crippen LogP contribution in [0.25, 0.3) is 0 Å². The average molecular weight is 751 g/mol. The number of nitrogens with zero attached hydrogens (tertiary/aromatic N) is 2. The van der Waals surface area contributed by atoms with E-state index in [4.69, 9.17) is 23.8 Å². The maximum absolute atomic E-state index is 13.8. The third-order valence-corrected chi connectivity index (χ3v) is 11.1. The Labute approximate surface area is 316 Å². The molecule has 1 aromatic rings. The van der Waals surface area contributed by atoms with Gasteiger partial charge in [0.25, 0.3) is 0 Å². The van der Waals surface area contributed by atoms with Crippen molar-refractivity contribution in [3.05, 3.63) is 35.9 Å². The highest BCUT2D eigenvalue weighted by atomic mass is 16.7. The highest BCUT2D eigenvalue weighted by Gasteiger charge is 2.52. The molecule has 2 heterocycles. The highest BCUT2D eigenvalue weighted by molar-refractivity contribution is 5.88. The van der Waals surface area contributed by atoms with Gasteiger partial charge < -0.3 is 49.1 Å². The smallest absolute Gasteiger partial charge is 0.312 e. The van der Waals surface area contributed by atoms with Crippen LogP contribution in [0, 0.1) is 23.7 Å². The van der Waals surface area contributed by atoms with Crippen LogP contribution in [0.15, 0.2) is 35.5 Å². The van der Waals surface area contributed by atoms with Crippen LogP contribution in [0.5, 0.6) is 0 Å². The molecule has 0 radical (unpaired) electrons. The van der Waals surface area contributed by atoms with Gasteiger partial charge in [0.15, 0.2) is 6.29 Å². The van der Waals surface area contributed by atoms with E-state index in [1.54, 1.807) is 34.6 Å². The Balaban J connectivity index is 2.11. The van der Waals surface area contributed by atoms with E-state index in [1.165, 1.54) is 13.8 Å². The third kappa shape index (κ3) is 11.4. The molecule has 13 heteroatoms. The molecule has 13 nitrogen and oxygen atoms in total. The Morgan fingerprint density at radius 2 is 1.68 bits per heavy atom. The molecule has 0 aromatic heterocycles. The largest absolute Gasteiger partial charge is 0.461 e. The van der Waals surface area contributed by atoms with Crippen molar-refractivity contribution in [2.24, 2.45) is 28.8 Å². The number of benzene rings is 1. The average Bonchev–Trinajstić information content (AvgIpc) is 3.09. The van der Waals surface area contributed by atoms with Crippen LogP contribution < -0.4 is 0 Å². The van der Waals surface area contributed by atoms with Crippen LogP contribution in [0.3, 0.4) is 0 Å². The first-order chi connectivity index (χ1) is 24.7. The number of aryl methyl sites for hydroxylation is 1. The van der Waals surface area contributed by atoms with Crippen molar-refractivity contribution in [2.75, 3.05) is 20.7 Å². The Morgan fingerprint density at radius 1 is 1.04 bits per heavy atom. The molecule has 0 amide bonds. The number of oxime groups is 1. The van der Waals surface area contributed by atoms with E-state index < -0.39 is 83.6 Å². The molecule has 4 N–H and O–H groups in total. The number of rotatable bonds is 10. The predicted octanol–water partition coefficient (Wildman–Crippen LogP) is 3.87. The molecule has 0 aliphatic carbocycles. The van der Waals surface area contributed by atoms with E-state index >= 15 is 0 Å². The fourth-order valence-corrected chi connectivity index (χ4v) is 8.09. The van der Waals surface area contributed by atoms with E-state index in [-0.39, 0.29) is 31.6 Å².